The molecule has 0 unspecified atom stereocenters. The minimum absolute atomic E-state index is 0.365. The summed E-state index contributed by atoms with van der Waals surface area (Å²) in [6.07, 6.45) is 1.23. The molecule has 0 saturated carbocycles. The Morgan fingerprint density at radius 3 is 2.89 bits per heavy atom. The first-order valence-corrected chi connectivity index (χ1v) is 6.85. The molecular formula is C13H15BrN2O3. The normalized spacial score (nSPS) is 18.4. The topological polar surface area (TPSA) is 69.6 Å². The van der Waals surface area contributed by atoms with Crippen molar-refractivity contribution in [1.82, 2.24) is 4.90 Å². The quantitative estimate of drug-likeness (QED) is 0.877. The van der Waals surface area contributed by atoms with Gasteiger partial charge in [0.15, 0.2) is 0 Å². The van der Waals surface area contributed by atoms with Gasteiger partial charge in [-0.2, -0.15) is 0 Å². The van der Waals surface area contributed by atoms with Gasteiger partial charge < -0.3 is 15.3 Å². The Balaban J connectivity index is 2.12. The van der Waals surface area contributed by atoms with Gasteiger partial charge >= 0.3 is 12.0 Å². The van der Waals surface area contributed by atoms with Crippen molar-refractivity contribution >= 4 is 33.6 Å². The number of rotatable bonds is 2. The van der Waals surface area contributed by atoms with Crippen molar-refractivity contribution in [1.29, 1.82) is 0 Å². The van der Waals surface area contributed by atoms with Crippen molar-refractivity contribution < 1.29 is 14.7 Å². The third-order valence-corrected chi connectivity index (χ3v) is 3.85. The number of benzene rings is 1. The molecule has 1 atom stereocenters. The largest absolute Gasteiger partial charge is 0.480 e. The summed E-state index contributed by atoms with van der Waals surface area (Å²) in [5, 5.41) is 11.8. The summed E-state index contributed by atoms with van der Waals surface area (Å²) in [7, 11) is 0. The van der Waals surface area contributed by atoms with Crippen molar-refractivity contribution in [3.8, 4) is 0 Å². The average molecular weight is 327 g/mol. The Morgan fingerprint density at radius 1 is 1.47 bits per heavy atom. The van der Waals surface area contributed by atoms with Crippen molar-refractivity contribution in [3.05, 3.63) is 28.2 Å². The van der Waals surface area contributed by atoms with Gasteiger partial charge in [0.25, 0.3) is 0 Å². The van der Waals surface area contributed by atoms with Gasteiger partial charge in [-0.25, -0.2) is 9.59 Å². The second-order valence-electron chi connectivity index (χ2n) is 4.60. The van der Waals surface area contributed by atoms with E-state index < -0.39 is 12.0 Å². The zero-order valence-corrected chi connectivity index (χ0v) is 12.1. The Bertz CT molecular complexity index is 519. The third-order valence-electron chi connectivity index (χ3n) is 3.16. The predicted molar refractivity (Wildman–Crippen MR) is 75.3 cm³/mol. The molecule has 0 aromatic heterocycles. The fourth-order valence-corrected chi connectivity index (χ4v) is 2.53. The third kappa shape index (κ3) is 3.07. The molecule has 102 valence electrons. The van der Waals surface area contributed by atoms with Crippen LogP contribution >= 0.6 is 15.9 Å². The van der Waals surface area contributed by atoms with E-state index in [1.54, 1.807) is 0 Å². The van der Waals surface area contributed by atoms with Crippen LogP contribution in [0.3, 0.4) is 0 Å². The predicted octanol–water partition coefficient (Wildman–Crippen LogP) is 2.84. The summed E-state index contributed by atoms with van der Waals surface area (Å²) < 4.78 is 0.775. The maximum absolute atomic E-state index is 12.1. The molecule has 1 aliphatic rings. The molecule has 0 aliphatic carbocycles. The monoisotopic (exact) mass is 326 g/mol. The summed E-state index contributed by atoms with van der Waals surface area (Å²) in [4.78, 5) is 24.6. The lowest BCUT2D eigenvalue weighted by atomic mass is 10.2. The molecule has 0 spiro atoms. The van der Waals surface area contributed by atoms with Crippen LogP contribution in [0.5, 0.6) is 0 Å². The van der Waals surface area contributed by atoms with Crippen molar-refractivity contribution in [2.24, 2.45) is 0 Å². The molecule has 1 saturated heterocycles. The van der Waals surface area contributed by atoms with Gasteiger partial charge in [-0.3, -0.25) is 0 Å². The van der Waals surface area contributed by atoms with E-state index in [2.05, 4.69) is 21.2 Å². The number of nitrogens with one attached hydrogen (secondary N) is 1. The molecule has 1 aromatic rings. The van der Waals surface area contributed by atoms with Crippen LogP contribution in [-0.2, 0) is 4.79 Å². The van der Waals surface area contributed by atoms with Gasteiger partial charge in [-0.1, -0.05) is 6.07 Å². The number of hydrogen-bond acceptors (Lipinski definition) is 2. The molecule has 6 heteroatoms. The van der Waals surface area contributed by atoms with Gasteiger partial charge in [-0.15, -0.1) is 0 Å². The van der Waals surface area contributed by atoms with Crippen molar-refractivity contribution in [3.63, 3.8) is 0 Å². The molecule has 1 aliphatic heterocycles. The van der Waals surface area contributed by atoms with E-state index in [1.807, 2.05) is 25.1 Å². The smallest absolute Gasteiger partial charge is 0.326 e. The Kier molecular flexibility index (Phi) is 4.09. The Morgan fingerprint density at radius 2 is 2.21 bits per heavy atom. The second-order valence-corrected chi connectivity index (χ2v) is 5.46. The number of carboxylic acids is 1. The number of carbonyl (C=O) groups is 2. The van der Waals surface area contributed by atoms with Gasteiger partial charge in [0.2, 0.25) is 0 Å². The number of amides is 2. The van der Waals surface area contributed by atoms with Crippen LogP contribution in [0.15, 0.2) is 22.7 Å². The molecule has 2 amide bonds. The molecule has 5 nitrogen and oxygen atoms in total. The zero-order chi connectivity index (χ0) is 14.0. The van der Waals surface area contributed by atoms with Crippen LogP contribution in [0.25, 0.3) is 0 Å². The fourth-order valence-electron chi connectivity index (χ4n) is 2.19. The molecule has 0 radical (unpaired) electrons. The molecule has 1 heterocycles. The summed E-state index contributed by atoms with van der Waals surface area (Å²) >= 11 is 3.36. The van der Waals surface area contributed by atoms with Crippen LogP contribution in [0.2, 0.25) is 0 Å². The van der Waals surface area contributed by atoms with Gasteiger partial charge in [0.05, 0.1) is 5.69 Å². The van der Waals surface area contributed by atoms with E-state index >= 15 is 0 Å². The van der Waals surface area contributed by atoms with Crippen molar-refractivity contribution in [2.75, 3.05) is 11.9 Å². The highest BCUT2D eigenvalue weighted by molar-refractivity contribution is 9.10. The van der Waals surface area contributed by atoms with Gasteiger partial charge in [0, 0.05) is 11.0 Å². The lowest BCUT2D eigenvalue weighted by Crippen LogP contribution is -2.42. The number of carboxylic acid groups (broad SMARTS) is 1. The van der Waals surface area contributed by atoms with E-state index in [0.717, 1.165) is 16.5 Å². The standard InChI is InChI=1S/C13H15BrN2O3/c1-8-4-5-9(14)10(7-8)15-13(19)16-6-2-3-11(16)12(17)18/h4-5,7,11H,2-3,6H2,1H3,(H,15,19)(H,17,18)/t11-/m0/s1. The minimum atomic E-state index is -0.948. The Hall–Kier alpha value is -1.56. The second kappa shape index (κ2) is 5.61. The number of hydrogen-bond donors (Lipinski definition) is 2. The van der Waals surface area contributed by atoms with Crippen LogP contribution < -0.4 is 5.32 Å². The molecule has 1 fully saturated rings. The summed E-state index contributed by atoms with van der Waals surface area (Å²) in [6, 6.07) is 4.53. The number of anilines is 1. The van der Waals surface area contributed by atoms with E-state index in [1.165, 1.54) is 4.90 Å². The number of aryl methyl sites for hydroxylation is 1. The van der Waals surface area contributed by atoms with Crippen molar-refractivity contribution in [2.45, 2.75) is 25.8 Å². The first-order valence-electron chi connectivity index (χ1n) is 6.05. The summed E-state index contributed by atoms with van der Waals surface area (Å²) in [5.41, 5.74) is 1.68. The number of carbonyl (C=O) groups excluding carboxylic acids is 1. The van der Waals surface area contributed by atoms with E-state index in [-0.39, 0.29) is 6.03 Å². The molecule has 19 heavy (non-hydrogen) atoms. The number of halogens is 1. The van der Waals surface area contributed by atoms with E-state index in [4.69, 9.17) is 5.11 Å². The summed E-state index contributed by atoms with van der Waals surface area (Å²) in [5.74, 6) is -0.948. The SMILES string of the molecule is Cc1ccc(Br)c(NC(=O)N2CCC[C@H]2C(=O)O)c1. The first-order chi connectivity index (χ1) is 8.99. The lowest BCUT2D eigenvalue weighted by Gasteiger charge is -2.22. The maximum atomic E-state index is 12.1. The fraction of sp³-hybridized carbons (Fsp3) is 0.385. The van der Waals surface area contributed by atoms with Crippen LogP contribution in [-0.4, -0.2) is 34.6 Å². The highest BCUT2D eigenvalue weighted by atomic mass is 79.9. The minimum Gasteiger partial charge on any atom is -0.480 e. The van der Waals surface area contributed by atoms with Gasteiger partial charge in [-0.05, 0) is 53.4 Å². The lowest BCUT2D eigenvalue weighted by molar-refractivity contribution is -0.141. The van der Waals surface area contributed by atoms with E-state index in [0.29, 0.717) is 18.7 Å². The highest BCUT2D eigenvalue weighted by Crippen LogP contribution is 2.25. The van der Waals surface area contributed by atoms with Crippen LogP contribution in [0.4, 0.5) is 10.5 Å². The van der Waals surface area contributed by atoms with E-state index in [9.17, 15) is 9.59 Å². The average Bonchev–Trinajstić information content (AvgIpc) is 2.83. The molecule has 1 aromatic carbocycles. The zero-order valence-electron chi connectivity index (χ0n) is 10.5. The van der Waals surface area contributed by atoms with Crippen LogP contribution in [0, 0.1) is 6.92 Å². The number of likely N-dealkylation sites (tertiary alicyclic amines) is 1. The molecule has 2 rings (SSSR count). The first kappa shape index (κ1) is 13.9. The number of nitrogens with zero attached hydrogens (tertiary/aromatic N) is 1. The molecule has 2 N–H and O–H groups in total. The molecular weight excluding hydrogens is 312 g/mol. The number of aliphatic carboxylic acids is 1. The molecule has 0 bridgehead atoms. The summed E-state index contributed by atoms with van der Waals surface area (Å²) in [6.45, 7) is 2.41. The van der Waals surface area contributed by atoms with Gasteiger partial charge in [0.1, 0.15) is 6.04 Å². The highest BCUT2D eigenvalue weighted by Gasteiger charge is 2.34. The maximum Gasteiger partial charge on any atom is 0.326 e. The number of urea groups is 1. The Labute approximate surface area is 119 Å². The van der Waals surface area contributed by atoms with Crippen LogP contribution in [0.1, 0.15) is 18.4 Å².